The molecular formula is C23H31N3O3. The first-order valence-electron chi connectivity index (χ1n) is 10.6. The summed E-state index contributed by atoms with van der Waals surface area (Å²) >= 11 is 0. The second kappa shape index (κ2) is 9.46. The number of carbonyl (C=O) groups excluding carboxylic acids is 1. The van der Waals surface area contributed by atoms with Crippen molar-refractivity contribution in [3.8, 4) is 5.75 Å². The van der Waals surface area contributed by atoms with Gasteiger partial charge >= 0.3 is 0 Å². The Hall–Kier alpha value is -2.31. The molecule has 0 unspecified atom stereocenters. The molecular weight excluding hydrogens is 366 g/mol. The minimum atomic E-state index is 0.224. The van der Waals surface area contributed by atoms with Crippen molar-refractivity contribution in [3.05, 3.63) is 54.0 Å². The summed E-state index contributed by atoms with van der Waals surface area (Å²) in [7, 11) is 0. The van der Waals surface area contributed by atoms with Crippen LogP contribution in [0.2, 0.25) is 0 Å². The molecule has 1 amide bonds. The van der Waals surface area contributed by atoms with Gasteiger partial charge in [-0.15, -0.1) is 0 Å². The van der Waals surface area contributed by atoms with Crippen molar-refractivity contribution in [1.82, 2.24) is 14.7 Å². The number of hydrogen-bond donors (Lipinski definition) is 0. The average molecular weight is 398 g/mol. The minimum absolute atomic E-state index is 0.224. The van der Waals surface area contributed by atoms with Gasteiger partial charge < -0.3 is 14.1 Å². The Morgan fingerprint density at radius 1 is 1.07 bits per heavy atom. The van der Waals surface area contributed by atoms with Crippen molar-refractivity contribution >= 4 is 5.91 Å². The molecule has 1 saturated heterocycles. The minimum Gasteiger partial charge on any atom is -0.492 e. The van der Waals surface area contributed by atoms with Crippen LogP contribution >= 0.6 is 0 Å². The maximum absolute atomic E-state index is 12.9. The van der Waals surface area contributed by atoms with Crippen molar-refractivity contribution in [1.29, 1.82) is 0 Å². The molecule has 4 rings (SSSR count). The molecule has 6 heteroatoms. The predicted molar refractivity (Wildman–Crippen MR) is 112 cm³/mol. The van der Waals surface area contributed by atoms with Crippen LogP contribution in [0.15, 0.2) is 46.9 Å². The van der Waals surface area contributed by atoms with Gasteiger partial charge in [0.15, 0.2) is 0 Å². The predicted octanol–water partition coefficient (Wildman–Crippen LogP) is 2.78. The lowest BCUT2D eigenvalue weighted by Crippen LogP contribution is -2.50. The summed E-state index contributed by atoms with van der Waals surface area (Å²) in [5.41, 5.74) is 0. The van der Waals surface area contributed by atoms with Crippen LogP contribution in [0.1, 0.15) is 24.4 Å². The van der Waals surface area contributed by atoms with Gasteiger partial charge in [-0.1, -0.05) is 18.2 Å². The number of para-hydroxylation sites is 1. The van der Waals surface area contributed by atoms with Crippen LogP contribution in [0, 0.1) is 6.92 Å². The number of rotatable bonds is 9. The first kappa shape index (κ1) is 20.0. The second-order valence-electron chi connectivity index (χ2n) is 8.04. The molecule has 6 nitrogen and oxygen atoms in total. The highest BCUT2D eigenvalue weighted by Crippen LogP contribution is 2.29. The van der Waals surface area contributed by atoms with Gasteiger partial charge in [0.1, 0.15) is 23.9 Å². The van der Waals surface area contributed by atoms with Crippen LogP contribution in [0.25, 0.3) is 0 Å². The molecule has 29 heavy (non-hydrogen) atoms. The second-order valence-corrected chi connectivity index (χ2v) is 8.04. The maximum atomic E-state index is 12.9. The Morgan fingerprint density at radius 2 is 1.79 bits per heavy atom. The molecule has 1 saturated carbocycles. The SMILES string of the molecule is Cc1ccc(CN(C(=O)CN2CCN(CCOc3ccccc3)CC2)C2CC2)o1. The van der Waals surface area contributed by atoms with Gasteiger partial charge in [-0.05, 0) is 44.0 Å². The Kier molecular flexibility index (Phi) is 6.52. The van der Waals surface area contributed by atoms with Crippen LogP contribution in [-0.2, 0) is 11.3 Å². The van der Waals surface area contributed by atoms with Gasteiger partial charge in [-0.25, -0.2) is 0 Å². The Balaban J connectivity index is 1.19. The largest absolute Gasteiger partial charge is 0.492 e. The number of furan rings is 1. The highest BCUT2D eigenvalue weighted by Gasteiger charge is 2.34. The van der Waals surface area contributed by atoms with E-state index in [4.69, 9.17) is 9.15 Å². The fraction of sp³-hybridized carbons (Fsp3) is 0.522. The Morgan fingerprint density at radius 3 is 2.45 bits per heavy atom. The van der Waals surface area contributed by atoms with Crippen molar-refractivity contribution in [2.45, 2.75) is 32.4 Å². The van der Waals surface area contributed by atoms with Crippen LogP contribution in [0.3, 0.4) is 0 Å². The highest BCUT2D eigenvalue weighted by atomic mass is 16.5. The molecule has 1 aromatic carbocycles. The summed E-state index contributed by atoms with van der Waals surface area (Å²) in [4.78, 5) is 19.6. The monoisotopic (exact) mass is 397 g/mol. The van der Waals surface area contributed by atoms with Gasteiger partial charge in [0, 0.05) is 38.8 Å². The summed E-state index contributed by atoms with van der Waals surface area (Å²) in [5, 5.41) is 0. The van der Waals surface area contributed by atoms with E-state index < -0.39 is 0 Å². The van der Waals surface area contributed by atoms with E-state index in [1.807, 2.05) is 54.3 Å². The molecule has 0 spiro atoms. The molecule has 0 bridgehead atoms. The number of aryl methyl sites for hydroxylation is 1. The number of hydrogen-bond acceptors (Lipinski definition) is 5. The lowest BCUT2D eigenvalue weighted by atomic mass is 10.3. The fourth-order valence-corrected chi connectivity index (χ4v) is 3.81. The molecule has 1 aromatic heterocycles. The van der Waals surface area contributed by atoms with E-state index in [9.17, 15) is 4.79 Å². The number of amides is 1. The molecule has 1 aliphatic heterocycles. The standard InChI is InChI=1S/C23H31N3O3/c1-19-7-10-22(29-19)17-26(20-8-9-20)23(27)18-25-13-11-24(12-14-25)15-16-28-21-5-3-2-4-6-21/h2-7,10,20H,8-9,11-18H2,1H3. The average Bonchev–Trinajstić information content (AvgIpc) is 3.49. The Labute approximate surface area is 173 Å². The van der Waals surface area contributed by atoms with Crippen molar-refractivity contribution in [2.24, 2.45) is 0 Å². The van der Waals surface area contributed by atoms with E-state index in [0.717, 1.165) is 62.8 Å². The van der Waals surface area contributed by atoms with Gasteiger partial charge in [0.05, 0.1) is 13.1 Å². The maximum Gasteiger partial charge on any atom is 0.237 e. The third-order valence-corrected chi connectivity index (χ3v) is 5.67. The molecule has 2 aromatic rings. The van der Waals surface area contributed by atoms with Gasteiger partial charge in [-0.2, -0.15) is 0 Å². The molecule has 156 valence electrons. The first-order chi connectivity index (χ1) is 14.2. The summed E-state index contributed by atoms with van der Waals surface area (Å²) in [6.07, 6.45) is 2.22. The third kappa shape index (κ3) is 5.84. The third-order valence-electron chi connectivity index (χ3n) is 5.67. The zero-order chi connectivity index (χ0) is 20.1. The zero-order valence-electron chi connectivity index (χ0n) is 17.3. The molecule has 0 atom stereocenters. The van der Waals surface area contributed by atoms with E-state index >= 15 is 0 Å². The molecule has 2 fully saturated rings. The number of benzene rings is 1. The van der Waals surface area contributed by atoms with Crippen LogP contribution in [0.4, 0.5) is 0 Å². The Bertz CT molecular complexity index is 780. The van der Waals surface area contributed by atoms with Crippen LogP contribution in [-0.4, -0.2) is 72.5 Å². The molecule has 0 N–H and O–H groups in total. The molecule has 1 aliphatic carbocycles. The number of nitrogens with zero attached hydrogens (tertiary/aromatic N) is 3. The van der Waals surface area contributed by atoms with Gasteiger partial charge in [0.25, 0.3) is 0 Å². The molecule has 2 aliphatic rings. The summed E-state index contributed by atoms with van der Waals surface area (Å²) in [6.45, 7) is 8.46. The topological polar surface area (TPSA) is 49.2 Å². The van der Waals surface area contributed by atoms with E-state index in [-0.39, 0.29) is 5.91 Å². The summed E-state index contributed by atoms with van der Waals surface area (Å²) in [6, 6.07) is 14.3. The number of carbonyl (C=O) groups is 1. The van der Waals surface area contributed by atoms with E-state index in [2.05, 4.69) is 9.80 Å². The van der Waals surface area contributed by atoms with Gasteiger partial charge in [0.2, 0.25) is 5.91 Å². The van der Waals surface area contributed by atoms with Crippen LogP contribution < -0.4 is 4.74 Å². The lowest BCUT2D eigenvalue weighted by molar-refractivity contribution is -0.134. The van der Waals surface area contributed by atoms with Gasteiger partial charge in [-0.3, -0.25) is 14.6 Å². The first-order valence-corrected chi connectivity index (χ1v) is 10.6. The quantitative estimate of drug-likeness (QED) is 0.651. The van der Waals surface area contributed by atoms with E-state index in [1.54, 1.807) is 0 Å². The molecule has 0 radical (unpaired) electrons. The van der Waals surface area contributed by atoms with Crippen molar-refractivity contribution in [3.63, 3.8) is 0 Å². The van der Waals surface area contributed by atoms with Crippen molar-refractivity contribution < 1.29 is 13.9 Å². The van der Waals surface area contributed by atoms with Crippen LogP contribution in [0.5, 0.6) is 5.75 Å². The number of ether oxygens (including phenoxy) is 1. The summed E-state index contributed by atoms with van der Waals surface area (Å²) in [5.74, 6) is 2.92. The highest BCUT2D eigenvalue weighted by molar-refractivity contribution is 5.79. The smallest absolute Gasteiger partial charge is 0.237 e. The number of piperazine rings is 1. The fourth-order valence-electron chi connectivity index (χ4n) is 3.81. The zero-order valence-corrected chi connectivity index (χ0v) is 17.3. The van der Waals surface area contributed by atoms with E-state index in [1.165, 1.54) is 0 Å². The normalized spacial score (nSPS) is 18.0. The lowest BCUT2D eigenvalue weighted by Gasteiger charge is -2.35. The van der Waals surface area contributed by atoms with Crippen molar-refractivity contribution in [2.75, 3.05) is 45.9 Å². The molecule has 2 heterocycles. The summed E-state index contributed by atoms with van der Waals surface area (Å²) < 4.78 is 11.5. The van der Waals surface area contributed by atoms with E-state index in [0.29, 0.717) is 25.7 Å².